The van der Waals surface area contributed by atoms with E-state index in [1.165, 1.54) is 140 Å². The molecule has 0 heterocycles. The van der Waals surface area contributed by atoms with Crippen LogP contribution in [0.25, 0.3) is 0 Å². The zero-order valence-electron chi connectivity index (χ0n) is 20.6. The van der Waals surface area contributed by atoms with Crippen LogP contribution in [-0.2, 0) is 4.79 Å². The highest BCUT2D eigenvalue weighted by Crippen LogP contribution is 2.19. The normalized spacial score (nSPS) is 11.2. The molecule has 0 aliphatic rings. The Balaban J connectivity index is 0. The van der Waals surface area contributed by atoms with Gasteiger partial charge in [-0.1, -0.05) is 79.1 Å². The molecule has 0 atom stereocenters. The molecule has 0 fully saturated rings. The largest absolute Gasteiger partial charge is 0.324 e. The highest BCUT2D eigenvalue weighted by molar-refractivity contribution is 5.44. The molecule has 0 aromatic rings. The molecule has 0 bridgehead atoms. The molecule has 2 heteroatoms. The van der Waals surface area contributed by atoms with Crippen molar-refractivity contribution in [2.75, 3.05) is 26.2 Å². The molecule has 0 saturated carbocycles. The lowest BCUT2D eigenvalue weighted by Crippen LogP contribution is -2.50. The van der Waals surface area contributed by atoms with Gasteiger partial charge in [-0.05, 0) is 58.3 Å². The summed E-state index contributed by atoms with van der Waals surface area (Å²) in [5.74, 6) is 0. The maximum absolute atomic E-state index is 8.81. The fourth-order valence-corrected chi connectivity index (χ4v) is 4.17. The van der Waals surface area contributed by atoms with Crippen LogP contribution >= 0.6 is 0 Å². The summed E-state index contributed by atoms with van der Waals surface area (Å²) in [6.45, 7) is 16.6. The molecule has 0 N–H and O–H groups in total. The van der Waals surface area contributed by atoms with Gasteiger partial charge in [0.05, 0.1) is 26.2 Å². The van der Waals surface area contributed by atoms with E-state index in [0.717, 1.165) is 6.29 Å². The second-order valence-electron chi connectivity index (χ2n) is 8.71. The molecule has 0 aliphatic carbocycles. The third-order valence-corrected chi connectivity index (χ3v) is 5.94. The highest BCUT2D eigenvalue weighted by Gasteiger charge is 2.25. The van der Waals surface area contributed by atoms with E-state index in [-0.39, 0.29) is 0 Å². The number of aldehydes is 1. The van der Waals surface area contributed by atoms with Crippen molar-refractivity contribution in [3.8, 4) is 0 Å². The molecule has 0 amide bonds. The second-order valence-corrected chi connectivity index (χ2v) is 8.71. The van der Waals surface area contributed by atoms with Gasteiger partial charge in [0.25, 0.3) is 0 Å². The van der Waals surface area contributed by atoms with Crippen LogP contribution < -0.4 is 0 Å². The molecule has 0 spiro atoms. The zero-order chi connectivity index (χ0) is 21.3. The first-order chi connectivity index (χ1) is 13.7. The van der Waals surface area contributed by atoms with E-state index in [2.05, 4.69) is 27.7 Å². The van der Waals surface area contributed by atoms with Crippen molar-refractivity contribution >= 4 is 6.29 Å². The van der Waals surface area contributed by atoms with Gasteiger partial charge >= 0.3 is 0 Å². The minimum atomic E-state index is 0.750. The Morgan fingerprint density at radius 2 is 0.679 bits per heavy atom. The minimum Gasteiger partial charge on any atom is -0.324 e. The first-order valence-corrected chi connectivity index (χ1v) is 12.9. The summed E-state index contributed by atoms with van der Waals surface area (Å²) < 4.78 is 1.46. The number of hydrogen-bond acceptors (Lipinski definition) is 1. The van der Waals surface area contributed by atoms with Crippen LogP contribution in [0, 0.1) is 0 Å². The molecule has 0 saturated heterocycles. The van der Waals surface area contributed by atoms with E-state index in [1.807, 2.05) is 0 Å². The molecular weight excluding hydrogens is 342 g/mol. The molecule has 0 aliphatic heterocycles. The predicted molar refractivity (Wildman–Crippen MR) is 128 cm³/mol. The van der Waals surface area contributed by atoms with Gasteiger partial charge in [-0.15, -0.1) is 0 Å². The van der Waals surface area contributed by atoms with E-state index in [9.17, 15) is 0 Å². The average molecular weight is 399 g/mol. The number of quaternary nitrogens is 1. The van der Waals surface area contributed by atoms with Crippen molar-refractivity contribution in [3.63, 3.8) is 0 Å². The fraction of sp³-hybridized carbons (Fsp3) is 0.962. The van der Waals surface area contributed by atoms with Gasteiger partial charge in [0.1, 0.15) is 6.29 Å². The van der Waals surface area contributed by atoms with Gasteiger partial charge in [-0.3, -0.25) is 0 Å². The van der Waals surface area contributed by atoms with Crippen molar-refractivity contribution in [3.05, 3.63) is 0 Å². The topological polar surface area (TPSA) is 17.1 Å². The summed E-state index contributed by atoms with van der Waals surface area (Å²) in [5, 5.41) is 0. The van der Waals surface area contributed by atoms with Crippen LogP contribution in [-0.4, -0.2) is 36.9 Å². The monoisotopic (exact) mass is 398 g/mol. The van der Waals surface area contributed by atoms with Crippen molar-refractivity contribution in [2.24, 2.45) is 0 Å². The Bertz CT molecular complexity index is 237. The third-order valence-electron chi connectivity index (χ3n) is 5.94. The summed E-state index contributed by atoms with van der Waals surface area (Å²) >= 11 is 0. The number of hydrogen-bond donors (Lipinski definition) is 0. The molecule has 0 aromatic carbocycles. The first kappa shape index (κ1) is 29.8. The Labute approximate surface area is 179 Å². The SMILES string of the molecule is CC=O.CCCCCC[N+](CCCCCC)(CCCCCC)CCCCCC. The minimum absolute atomic E-state index is 0.750. The van der Waals surface area contributed by atoms with Crippen LogP contribution in [0.3, 0.4) is 0 Å². The van der Waals surface area contributed by atoms with Crippen LogP contribution in [0.15, 0.2) is 0 Å². The second kappa shape index (κ2) is 24.7. The highest BCUT2D eigenvalue weighted by atomic mass is 16.1. The first-order valence-electron chi connectivity index (χ1n) is 12.9. The van der Waals surface area contributed by atoms with E-state index in [1.54, 1.807) is 0 Å². The van der Waals surface area contributed by atoms with E-state index < -0.39 is 0 Å². The molecule has 170 valence electrons. The lowest BCUT2D eigenvalue weighted by atomic mass is 10.1. The number of carbonyl (C=O) groups is 1. The summed E-state index contributed by atoms with van der Waals surface area (Å²) in [6, 6.07) is 0. The van der Waals surface area contributed by atoms with Gasteiger partial charge in [-0.25, -0.2) is 0 Å². The molecule has 28 heavy (non-hydrogen) atoms. The molecule has 0 rings (SSSR count). The van der Waals surface area contributed by atoms with Gasteiger partial charge in [-0.2, -0.15) is 0 Å². The van der Waals surface area contributed by atoms with Gasteiger partial charge < -0.3 is 9.28 Å². The van der Waals surface area contributed by atoms with E-state index in [4.69, 9.17) is 4.79 Å². The van der Waals surface area contributed by atoms with Gasteiger partial charge in [0.2, 0.25) is 0 Å². The van der Waals surface area contributed by atoms with Crippen LogP contribution in [0.1, 0.15) is 137 Å². The lowest BCUT2D eigenvalue weighted by Gasteiger charge is -2.39. The van der Waals surface area contributed by atoms with Crippen molar-refractivity contribution in [2.45, 2.75) is 137 Å². The van der Waals surface area contributed by atoms with E-state index >= 15 is 0 Å². The fourth-order valence-electron chi connectivity index (χ4n) is 4.17. The van der Waals surface area contributed by atoms with Crippen molar-refractivity contribution < 1.29 is 9.28 Å². The summed E-state index contributed by atoms with van der Waals surface area (Å²) in [4.78, 5) is 8.81. The predicted octanol–water partition coefficient (Wildman–Crippen LogP) is 8.33. The number of nitrogens with zero attached hydrogens (tertiary/aromatic N) is 1. The van der Waals surface area contributed by atoms with Crippen LogP contribution in [0.4, 0.5) is 0 Å². The standard InChI is InChI=1S/C24H52N.C2H4O/c1-5-9-13-17-21-25(22-18-14-10-6-2,23-19-15-11-7-3)24-20-16-12-8-4;1-2-3/h5-24H2,1-4H3;2H,1H3/q+1;. The summed E-state index contributed by atoms with van der Waals surface area (Å²) in [6.07, 6.45) is 23.6. The summed E-state index contributed by atoms with van der Waals surface area (Å²) in [5.41, 5.74) is 0. The van der Waals surface area contributed by atoms with E-state index in [0.29, 0.717) is 0 Å². The Hall–Kier alpha value is -0.370. The molecule has 2 nitrogen and oxygen atoms in total. The van der Waals surface area contributed by atoms with Gasteiger partial charge in [0, 0.05) is 0 Å². The maximum atomic E-state index is 8.81. The Kier molecular flexibility index (Phi) is 26.3. The number of unbranched alkanes of at least 4 members (excludes halogenated alkanes) is 12. The number of carbonyl (C=O) groups excluding carboxylic acids is 1. The maximum Gasteiger partial charge on any atom is 0.116 e. The zero-order valence-corrected chi connectivity index (χ0v) is 20.6. The Morgan fingerprint density at radius 1 is 0.464 bits per heavy atom. The molecular formula is C26H56NO+. The number of rotatable bonds is 20. The molecule has 0 unspecified atom stereocenters. The summed E-state index contributed by atoms with van der Waals surface area (Å²) in [7, 11) is 0. The van der Waals surface area contributed by atoms with Crippen LogP contribution in [0.2, 0.25) is 0 Å². The van der Waals surface area contributed by atoms with Crippen molar-refractivity contribution in [1.29, 1.82) is 0 Å². The lowest BCUT2D eigenvalue weighted by molar-refractivity contribution is -0.929. The Morgan fingerprint density at radius 3 is 0.857 bits per heavy atom. The molecule has 0 aromatic heterocycles. The quantitative estimate of drug-likeness (QED) is 0.114. The molecule has 0 radical (unpaired) electrons. The van der Waals surface area contributed by atoms with Crippen LogP contribution in [0.5, 0.6) is 0 Å². The average Bonchev–Trinajstić information content (AvgIpc) is 2.70. The third kappa shape index (κ3) is 20.4. The van der Waals surface area contributed by atoms with Crippen molar-refractivity contribution in [1.82, 2.24) is 0 Å². The smallest absolute Gasteiger partial charge is 0.116 e. The van der Waals surface area contributed by atoms with Gasteiger partial charge in [0.15, 0.2) is 0 Å².